The quantitative estimate of drug-likeness (QED) is 0.512. The van der Waals surface area contributed by atoms with E-state index in [1.165, 1.54) is 0 Å². The lowest BCUT2D eigenvalue weighted by atomic mass is 11.2. The van der Waals surface area contributed by atoms with Gasteiger partial charge in [-0.2, -0.15) is 4.39 Å². The third-order valence-corrected chi connectivity index (χ3v) is 7.40. The van der Waals surface area contributed by atoms with Gasteiger partial charge in [-0.1, -0.05) is 0 Å². The van der Waals surface area contributed by atoms with Crippen molar-refractivity contribution in [3.8, 4) is 0 Å². The summed E-state index contributed by atoms with van der Waals surface area (Å²) in [5.41, 5.74) is 0. The topological polar surface area (TPSA) is 9.72 Å². The van der Waals surface area contributed by atoms with E-state index in [2.05, 4.69) is 0 Å². The van der Waals surface area contributed by atoms with E-state index < -0.39 is 12.0 Å². The van der Waals surface area contributed by atoms with Gasteiger partial charge in [0.05, 0.1) is 0 Å². The molecule has 0 aromatic carbocycles. The Kier molecular flexibility index (Phi) is 7.58. The Morgan fingerprint density at radius 1 is 0.867 bits per heavy atom. The van der Waals surface area contributed by atoms with Crippen molar-refractivity contribution in [1.29, 1.82) is 0 Å². The molecule has 94 valence electrons. The molecule has 0 rings (SSSR count). The van der Waals surface area contributed by atoms with Crippen LogP contribution in [0.5, 0.6) is 0 Å². The summed E-state index contributed by atoms with van der Waals surface area (Å²) >= 11 is 11.3. The molecule has 0 saturated carbocycles. The summed E-state index contributed by atoms with van der Waals surface area (Å²) in [6.45, 7) is 0. The van der Waals surface area contributed by atoms with Gasteiger partial charge in [-0.05, 0) is 23.2 Å². The van der Waals surface area contributed by atoms with E-state index in [0.717, 1.165) is 0 Å². The van der Waals surface area contributed by atoms with Gasteiger partial charge < -0.3 is 12.4 Å². The fourth-order valence-electron chi connectivity index (χ4n) is 1.75. The van der Waals surface area contributed by atoms with Crippen LogP contribution < -0.4 is 12.4 Å². The Morgan fingerprint density at radius 3 is 1.07 bits per heavy atom. The van der Waals surface area contributed by atoms with Crippen LogP contribution in [0, 0.1) is 0 Å². The van der Waals surface area contributed by atoms with Crippen LogP contribution in [0.1, 0.15) is 0 Å². The van der Waals surface area contributed by atoms with Crippen LogP contribution in [0.15, 0.2) is 0 Å². The summed E-state index contributed by atoms with van der Waals surface area (Å²) in [6, 6.07) is 0. The number of halogens is 4. The molecule has 15 heavy (non-hydrogen) atoms. The van der Waals surface area contributed by atoms with Crippen LogP contribution in [0.2, 0.25) is 0 Å². The molecule has 0 aromatic heterocycles. The van der Waals surface area contributed by atoms with Gasteiger partial charge in [0.25, 0.3) is 7.71 Å². The molecule has 0 aliphatic carbocycles. The predicted octanol–water partition coefficient (Wildman–Crippen LogP) is -0.504. The molecule has 0 saturated heterocycles. The Bertz CT molecular complexity index is 175. The van der Waals surface area contributed by atoms with Crippen LogP contribution in [-0.4, -0.2) is 60.6 Å². The zero-order chi connectivity index (χ0) is 11.7. The van der Waals surface area contributed by atoms with Crippen molar-refractivity contribution < 1.29 is 16.8 Å². The fraction of sp³-hybridized carbons (Fsp3) is 1.00. The molecule has 0 N–H and O–H groups in total. The van der Waals surface area contributed by atoms with E-state index >= 15 is 0 Å². The highest BCUT2D eigenvalue weighted by Gasteiger charge is 2.66. The maximum atomic E-state index is 13.9. The van der Waals surface area contributed by atoms with Gasteiger partial charge in [0, 0.05) is 42.3 Å². The molecule has 0 aromatic rings. The van der Waals surface area contributed by atoms with Crippen LogP contribution in [-0.2, 0) is 0 Å². The van der Waals surface area contributed by atoms with Crippen molar-refractivity contribution >= 4 is 30.9 Å². The maximum absolute atomic E-state index is 13.9. The molecule has 0 aliphatic rings. The zero-order valence-corrected chi connectivity index (χ0v) is 13.0. The minimum atomic E-state index is -2.53. The van der Waals surface area contributed by atoms with Crippen molar-refractivity contribution in [2.75, 3.05) is 42.3 Å². The second kappa shape index (κ2) is 6.15. The first kappa shape index (κ1) is 18.5. The monoisotopic (exact) mass is 299 g/mol. The maximum Gasteiger partial charge on any atom is 0.413 e. The molecule has 0 spiro atoms. The van der Waals surface area contributed by atoms with Crippen LogP contribution in [0.25, 0.3) is 0 Å². The molecule has 0 fully saturated rings. The predicted molar refractivity (Wildman–Crippen MR) is 63.5 cm³/mol. The Morgan fingerprint density at radius 2 is 1.07 bits per heavy atom. The van der Waals surface area contributed by atoms with Crippen LogP contribution in [0.3, 0.4) is 0 Å². The average Bonchev–Trinajstić information content (AvgIpc) is 1.79. The Labute approximate surface area is 108 Å². The smallest absolute Gasteiger partial charge is 0.413 e. The van der Waals surface area contributed by atoms with Gasteiger partial charge >= 0.3 is 4.33 Å². The average molecular weight is 301 g/mol. The first-order chi connectivity index (χ1) is 6.08. The number of hydrogen-bond donors (Lipinski definition) is 0. The molecule has 0 unspecified atom stereocenters. The van der Waals surface area contributed by atoms with Crippen molar-refractivity contribution in [2.24, 2.45) is 0 Å². The molecule has 0 heterocycles. The molecular formula is C7H18Cl3FN3P. The van der Waals surface area contributed by atoms with E-state index in [-0.39, 0.29) is 12.4 Å². The summed E-state index contributed by atoms with van der Waals surface area (Å²) in [6.07, 6.45) is 0. The SMILES string of the molecule is CN(C)[P+](N(C)C)(N(C)C)C(F)(Cl)Cl.[Cl-]. The van der Waals surface area contributed by atoms with E-state index in [9.17, 15) is 4.39 Å². The van der Waals surface area contributed by atoms with Gasteiger partial charge in [-0.15, -0.1) is 14.0 Å². The first-order valence-corrected chi connectivity index (χ1v) is 6.48. The number of alkyl halides is 3. The molecule has 3 nitrogen and oxygen atoms in total. The third kappa shape index (κ3) is 3.29. The van der Waals surface area contributed by atoms with E-state index in [1.54, 1.807) is 56.3 Å². The minimum absolute atomic E-state index is 0. The molecule has 0 bridgehead atoms. The van der Waals surface area contributed by atoms with Crippen LogP contribution >= 0.6 is 30.9 Å². The lowest BCUT2D eigenvalue weighted by Gasteiger charge is -2.41. The molecular weight excluding hydrogens is 282 g/mol. The van der Waals surface area contributed by atoms with Gasteiger partial charge in [-0.3, -0.25) is 0 Å². The van der Waals surface area contributed by atoms with Gasteiger partial charge in [0.1, 0.15) is 0 Å². The minimum Gasteiger partial charge on any atom is -1.00 e. The molecule has 0 amide bonds. The van der Waals surface area contributed by atoms with Crippen LogP contribution in [0.4, 0.5) is 4.39 Å². The van der Waals surface area contributed by atoms with Gasteiger partial charge in [0.2, 0.25) is 0 Å². The summed E-state index contributed by atoms with van der Waals surface area (Å²) in [7, 11) is 8.09. The summed E-state index contributed by atoms with van der Waals surface area (Å²) < 4.78 is 16.9. The van der Waals surface area contributed by atoms with Crippen molar-refractivity contribution in [3.63, 3.8) is 0 Å². The molecule has 8 heteroatoms. The summed E-state index contributed by atoms with van der Waals surface area (Å²) in [4.78, 5) is 0. The highest BCUT2D eigenvalue weighted by molar-refractivity contribution is 7.73. The van der Waals surface area contributed by atoms with Gasteiger partial charge in [0.15, 0.2) is 0 Å². The highest BCUT2D eigenvalue weighted by atomic mass is 35.5. The zero-order valence-electron chi connectivity index (χ0n) is 9.80. The van der Waals surface area contributed by atoms with Gasteiger partial charge in [-0.25, -0.2) is 0 Å². The normalized spacial score (nSPS) is 13.6. The Hall–Kier alpha value is 1.11. The number of nitrogens with zero attached hydrogens (tertiary/aromatic N) is 3. The largest absolute Gasteiger partial charge is 1.00 e. The summed E-state index contributed by atoms with van der Waals surface area (Å²) in [5, 5.41) is 0. The summed E-state index contributed by atoms with van der Waals surface area (Å²) in [5.74, 6) is 0. The lowest BCUT2D eigenvalue weighted by molar-refractivity contribution is -0.00000370. The van der Waals surface area contributed by atoms with Crippen molar-refractivity contribution in [1.82, 2.24) is 14.0 Å². The Balaban J connectivity index is 0. The van der Waals surface area contributed by atoms with Crippen molar-refractivity contribution in [3.05, 3.63) is 0 Å². The second-order valence-corrected chi connectivity index (χ2v) is 9.49. The number of hydrogen-bond acceptors (Lipinski definition) is 3. The highest BCUT2D eigenvalue weighted by Crippen LogP contribution is 2.76. The van der Waals surface area contributed by atoms with E-state index in [4.69, 9.17) is 23.2 Å². The third-order valence-electron chi connectivity index (χ3n) is 2.01. The molecule has 0 radical (unpaired) electrons. The molecule has 0 atom stereocenters. The second-order valence-electron chi connectivity index (χ2n) is 3.58. The first-order valence-electron chi connectivity index (χ1n) is 4.07. The van der Waals surface area contributed by atoms with Crippen molar-refractivity contribution in [2.45, 2.75) is 4.33 Å². The standard InChI is InChI=1S/C7H18Cl2FN3P.ClH/c1-11(2)14(12(3)4,13(5)6)7(8,9)10;/h1-6H3;1H/q+1;/p-1. The van der Waals surface area contributed by atoms with E-state index in [1.807, 2.05) is 0 Å². The lowest BCUT2D eigenvalue weighted by Crippen LogP contribution is -3.00. The van der Waals surface area contributed by atoms with E-state index in [0.29, 0.717) is 0 Å². The number of rotatable bonds is 4. The fourth-order valence-corrected chi connectivity index (χ4v) is 7.98. The molecule has 0 aliphatic heterocycles.